The minimum atomic E-state index is -4.41. The number of benzene rings is 2. The standard InChI is InChI=1S/C29H35F3N4O4S/c1-18-13-19(17-37)3-10-24(18)26-14-21-6-9-23(15-25(21)35(26)2)41(39,40)34-22-7-4-20(5-8-22)28(38)36-12-11-33-27(16-36)29(30,31)32/h3,6,9-10,13-15,20,22,27,33-34,37H,4-5,7-8,11-12,16-17H2,1-2H3. The number of halogens is 3. The second-order valence-electron chi connectivity index (χ2n) is 11.1. The van der Waals surface area contributed by atoms with Crippen LogP contribution in [-0.2, 0) is 28.5 Å². The van der Waals surface area contributed by atoms with Crippen molar-refractivity contribution in [3.63, 3.8) is 0 Å². The molecule has 2 aliphatic rings. The van der Waals surface area contributed by atoms with E-state index in [9.17, 15) is 31.5 Å². The van der Waals surface area contributed by atoms with E-state index < -0.39 is 34.7 Å². The van der Waals surface area contributed by atoms with E-state index in [1.165, 1.54) is 4.90 Å². The monoisotopic (exact) mass is 592 g/mol. The molecule has 222 valence electrons. The highest BCUT2D eigenvalue weighted by atomic mass is 32.2. The van der Waals surface area contributed by atoms with Crippen LogP contribution in [0.2, 0.25) is 0 Å². The zero-order valence-corrected chi connectivity index (χ0v) is 23.9. The molecule has 41 heavy (non-hydrogen) atoms. The number of aryl methyl sites for hydroxylation is 2. The molecule has 1 aromatic heterocycles. The van der Waals surface area contributed by atoms with E-state index in [1.807, 2.05) is 42.8 Å². The minimum Gasteiger partial charge on any atom is -0.392 e. The number of carbonyl (C=O) groups excluding carboxylic acids is 1. The highest BCUT2D eigenvalue weighted by Gasteiger charge is 2.43. The lowest BCUT2D eigenvalue weighted by molar-refractivity contribution is -0.169. The Bertz CT molecular complexity index is 1550. The first-order valence-electron chi connectivity index (χ1n) is 13.8. The van der Waals surface area contributed by atoms with Crippen LogP contribution in [-0.4, -0.2) is 66.8 Å². The molecule has 2 aromatic carbocycles. The Kier molecular flexibility index (Phi) is 8.21. The number of amides is 1. The van der Waals surface area contributed by atoms with E-state index in [4.69, 9.17) is 0 Å². The summed E-state index contributed by atoms with van der Waals surface area (Å²) in [6, 6.07) is 10.7. The first-order valence-corrected chi connectivity index (χ1v) is 15.3. The number of fused-ring (bicyclic) bond motifs is 1. The number of sulfonamides is 1. The number of hydrogen-bond acceptors (Lipinski definition) is 5. The number of nitrogens with zero attached hydrogens (tertiary/aromatic N) is 2. The number of piperazine rings is 1. The third-order valence-corrected chi connectivity index (χ3v) is 9.88. The Morgan fingerprint density at radius 1 is 1.10 bits per heavy atom. The van der Waals surface area contributed by atoms with Gasteiger partial charge in [-0.3, -0.25) is 4.79 Å². The first kappa shape index (κ1) is 29.6. The highest BCUT2D eigenvalue weighted by molar-refractivity contribution is 7.89. The van der Waals surface area contributed by atoms with Gasteiger partial charge >= 0.3 is 6.18 Å². The van der Waals surface area contributed by atoms with Crippen LogP contribution in [0.4, 0.5) is 13.2 Å². The number of nitrogens with one attached hydrogen (secondary N) is 2. The van der Waals surface area contributed by atoms with Crippen LogP contribution < -0.4 is 10.0 Å². The van der Waals surface area contributed by atoms with Gasteiger partial charge in [-0.15, -0.1) is 0 Å². The molecule has 1 unspecified atom stereocenters. The van der Waals surface area contributed by atoms with Crippen molar-refractivity contribution in [1.29, 1.82) is 0 Å². The summed E-state index contributed by atoms with van der Waals surface area (Å²) in [5, 5.41) is 12.7. The fourth-order valence-electron chi connectivity index (χ4n) is 6.02. The lowest BCUT2D eigenvalue weighted by Crippen LogP contribution is -2.59. The quantitative estimate of drug-likeness (QED) is 0.404. The number of aliphatic hydroxyl groups excluding tert-OH is 1. The molecule has 0 spiro atoms. The van der Waals surface area contributed by atoms with Gasteiger partial charge in [-0.2, -0.15) is 13.2 Å². The topological polar surface area (TPSA) is 104 Å². The van der Waals surface area contributed by atoms with Crippen molar-refractivity contribution in [3.8, 4) is 11.3 Å². The lowest BCUT2D eigenvalue weighted by atomic mass is 9.85. The number of alkyl halides is 3. The summed E-state index contributed by atoms with van der Waals surface area (Å²) in [7, 11) is -1.96. The Balaban J connectivity index is 1.25. The molecule has 1 aliphatic carbocycles. The summed E-state index contributed by atoms with van der Waals surface area (Å²) in [6.45, 7) is 1.85. The van der Waals surface area contributed by atoms with Crippen LogP contribution in [0.3, 0.4) is 0 Å². The Hall–Kier alpha value is -2.93. The lowest BCUT2D eigenvalue weighted by Gasteiger charge is -2.38. The van der Waals surface area contributed by atoms with Crippen molar-refractivity contribution >= 4 is 26.8 Å². The van der Waals surface area contributed by atoms with Gasteiger partial charge in [-0.05, 0) is 61.9 Å². The van der Waals surface area contributed by atoms with E-state index in [0.29, 0.717) is 25.7 Å². The molecule has 1 saturated carbocycles. The van der Waals surface area contributed by atoms with E-state index in [2.05, 4.69) is 10.0 Å². The molecule has 0 radical (unpaired) electrons. The molecule has 1 atom stereocenters. The van der Waals surface area contributed by atoms with Gasteiger partial charge in [0.25, 0.3) is 0 Å². The van der Waals surface area contributed by atoms with Crippen molar-refractivity contribution in [2.24, 2.45) is 13.0 Å². The molecule has 3 aromatic rings. The zero-order chi connectivity index (χ0) is 29.5. The van der Waals surface area contributed by atoms with Crippen molar-refractivity contribution in [2.75, 3.05) is 19.6 Å². The summed E-state index contributed by atoms with van der Waals surface area (Å²) in [6.07, 6.45) is -2.71. The zero-order valence-electron chi connectivity index (χ0n) is 23.0. The summed E-state index contributed by atoms with van der Waals surface area (Å²) in [4.78, 5) is 14.4. The molecule has 1 amide bonds. The Labute approximate surface area is 237 Å². The van der Waals surface area contributed by atoms with E-state index in [-0.39, 0.29) is 36.5 Å². The van der Waals surface area contributed by atoms with Crippen molar-refractivity contribution in [1.82, 2.24) is 19.5 Å². The smallest absolute Gasteiger partial charge is 0.392 e. The number of aromatic nitrogens is 1. The number of rotatable bonds is 6. The maximum Gasteiger partial charge on any atom is 0.405 e. The molecule has 5 rings (SSSR count). The summed E-state index contributed by atoms with van der Waals surface area (Å²) < 4.78 is 70.7. The predicted molar refractivity (Wildman–Crippen MR) is 150 cm³/mol. The van der Waals surface area contributed by atoms with Crippen LogP contribution in [0.25, 0.3) is 22.2 Å². The average Bonchev–Trinajstić information content (AvgIpc) is 3.27. The van der Waals surface area contributed by atoms with Gasteiger partial charge in [-0.1, -0.05) is 24.3 Å². The van der Waals surface area contributed by atoms with Crippen LogP contribution in [0.5, 0.6) is 0 Å². The summed E-state index contributed by atoms with van der Waals surface area (Å²) >= 11 is 0. The molecule has 0 bridgehead atoms. The maximum atomic E-state index is 13.3. The fraction of sp³-hybridized carbons (Fsp3) is 0.483. The molecule has 2 fully saturated rings. The Morgan fingerprint density at radius 3 is 2.49 bits per heavy atom. The molecular weight excluding hydrogens is 557 g/mol. The molecule has 1 aliphatic heterocycles. The normalized spacial score (nSPS) is 22.3. The predicted octanol–water partition coefficient (Wildman–Crippen LogP) is 3.85. The molecule has 3 N–H and O–H groups in total. The molecular formula is C29H35F3N4O4S. The minimum absolute atomic E-state index is 0.0407. The van der Waals surface area contributed by atoms with Gasteiger partial charge in [0.15, 0.2) is 0 Å². The van der Waals surface area contributed by atoms with Crippen LogP contribution in [0.1, 0.15) is 36.8 Å². The van der Waals surface area contributed by atoms with Gasteiger partial charge < -0.3 is 19.9 Å². The molecule has 12 heteroatoms. The van der Waals surface area contributed by atoms with Crippen LogP contribution in [0, 0.1) is 12.8 Å². The molecule has 2 heterocycles. The SMILES string of the molecule is Cc1cc(CO)ccc1-c1cc2ccc(S(=O)(=O)NC3CCC(C(=O)N4CCNC(C(F)(F)F)C4)CC3)cc2n1C. The number of aliphatic hydroxyl groups is 1. The molecule has 1 saturated heterocycles. The van der Waals surface area contributed by atoms with Crippen LogP contribution >= 0.6 is 0 Å². The van der Waals surface area contributed by atoms with Crippen molar-refractivity contribution in [2.45, 2.75) is 62.4 Å². The number of hydrogen-bond donors (Lipinski definition) is 3. The maximum absolute atomic E-state index is 13.3. The van der Waals surface area contributed by atoms with Gasteiger partial charge in [-0.25, -0.2) is 13.1 Å². The molecule has 8 nitrogen and oxygen atoms in total. The largest absolute Gasteiger partial charge is 0.405 e. The van der Waals surface area contributed by atoms with Gasteiger partial charge in [0.1, 0.15) is 6.04 Å². The Morgan fingerprint density at radius 2 is 1.83 bits per heavy atom. The van der Waals surface area contributed by atoms with E-state index in [1.54, 1.807) is 18.2 Å². The highest BCUT2D eigenvalue weighted by Crippen LogP contribution is 2.33. The summed E-state index contributed by atoms with van der Waals surface area (Å²) in [5.74, 6) is -0.691. The third-order valence-electron chi connectivity index (χ3n) is 8.36. The van der Waals surface area contributed by atoms with Gasteiger partial charge in [0.05, 0.1) is 11.5 Å². The number of carbonyl (C=O) groups is 1. The van der Waals surface area contributed by atoms with E-state index in [0.717, 1.165) is 33.3 Å². The second kappa shape index (κ2) is 11.4. The van der Waals surface area contributed by atoms with Gasteiger partial charge in [0.2, 0.25) is 15.9 Å². The fourth-order valence-corrected chi connectivity index (χ4v) is 7.34. The first-order chi connectivity index (χ1) is 19.4. The average molecular weight is 593 g/mol. The third kappa shape index (κ3) is 6.15. The van der Waals surface area contributed by atoms with Gasteiger partial charge in [0, 0.05) is 60.8 Å². The van der Waals surface area contributed by atoms with Crippen molar-refractivity contribution < 1.29 is 31.5 Å². The van der Waals surface area contributed by atoms with Crippen LogP contribution in [0.15, 0.2) is 47.4 Å². The summed E-state index contributed by atoms with van der Waals surface area (Å²) in [5.41, 5.74) is 4.50. The van der Waals surface area contributed by atoms with Crippen molar-refractivity contribution in [3.05, 3.63) is 53.6 Å². The second-order valence-corrected chi connectivity index (χ2v) is 12.8. The van der Waals surface area contributed by atoms with E-state index >= 15 is 0 Å².